The van der Waals surface area contributed by atoms with Gasteiger partial charge in [0.2, 0.25) is 0 Å². The highest BCUT2D eigenvalue weighted by molar-refractivity contribution is 6.30. The predicted octanol–water partition coefficient (Wildman–Crippen LogP) is 5.29. The Balaban J connectivity index is 2.00. The minimum atomic E-state index is 0.714. The van der Waals surface area contributed by atoms with Gasteiger partial charge < -0.3 is 4.74 Å². The minimum Gasteiger partial charge on any atom is -0.496 e. The molecule has 4 nitrogen and oxygen atoms in total. The summed E-state index contributed by atoms with van der Waals surface area (Å²) in [5.74, 6) is 0.807. The number of benzene rings is 2. The van der Waals surface area contributed by atoms with Crippen LogP contribution in [-0.2, 0) is 6.42 Å². The summed E-state index contributed by atoms with van der Waals surface area (Å²) in [5, 5.41) is 5.56. The third-order valence-electron chi connectivity index (χ3n) is 4.44. The summed E-state index contributed by atoms with van der Waals surface area (Å²) in [6.07, 6.45) is 2.63. The van der Waals surface area contributed by atoms with Gasteiger partial charge in [-0.1, -0.05) is 42.8 Å². The SMILES string of the molecule is CCc1nn2c(-c3ccccc3OC)ccnc2c1-c1ccc(Cl)cc1. The third-order valence-corrected chi connectivity index (χ3v) is 4.69. The maximum absolute atomic E-state index is 6.05. The molecule has 2 heterocycles. The number of hydrogen-bond donors (Lipinski definition) is 0. The van der Waals surface area contributed by atoms with Crippen LogP contribution in [0.2, 0.25) is 5.02 Å². The minimum absolute atomic E-state index is 0.714. The summed E-state index contributed by atoms with van der Waals surface area (Å²) in [4.78, 5) is 4.62. The molecule has 26 heavy (non-hydrogen) atoms. The topological polar surface area (TPSA) is 39.4 Å². The number of hydrogen-bond acceptors (Lipinski definition) is 3. The van der Waals surface area contributed by atoms with E-state index in [4.69, 9.17) is 21.4 Å². The largest absolute Gasteiger partial charge is 0.496 e. The van der Waals surface area contributed by atoms with Crippen molar-refractivity contribution in [1.29, 1.82) is 0 Å². The molecule has 4 aromatic rings. The Morgan fingerprint density at radius 1 is 1.04 bits per heavy atom. The van der Waals surface area contributed by atoms with E-state index in [1.165, 1.54) is 0 Å². The number of aryl methyl sites for hydroxylation is 1. The van der Waals surface area contributed by atoms with E-state index in [9.17, 15) is 0 Å². The van der Waals surface area contributed by atoms with E-state index in [1.54, 1.807) is 7.11 Å². The first-order chi connectivity index (χ1) is 12.7. The first-order valence-electron chi connectivity index (χ1n) is 8.49. The van der Waals surface area contributed by atoms with E-state index in [1.807, 2.05) is 65.3 Å². The van der Waals surface area contributed by atoms with E-state index < -0.39 is 0 Å². The number of rotatable bonds is 4. The van der Waals surface area contributed by atoms with E-state index in [0.717, 1.165) is 45.9 Å². The second-order valence-corrected chi connectivity index (χ2v) is 6.38. The summed E-state index contributed by atoms with van der Waals surface area (Å²) in [7, 11) is 1.68. The lowest BCUT2D eigenvalue weighted by Crippen LogP contribution is -1.98. The van der Waals surface area contributed by atoms with Gasteiger partial charge in [0.15, 0.2) is 5.65 Å². The van der Waals surface area contributed by atoms with Gasteiger partial charge in [-0.25, -0.2) is 9.50 Å². The van der Waals surface area contributed by atoms with Gasteiger partial charge in [-0.3, -0.25) is 0 Å². The molecule has 0 unspecified atom stereocenters. The standard InChI is InChI=1S/C21H18ClN3O/c1-3-17-20(14-8-10-15(22)11-9-14)21-23-13-12-18(25(21)24-17)16-6-4-5-7-19(16)26-2/h4-13H,3H2,1-2H3. The van der Waals surface area contributed by atoms with Crippen LogP contribution in [0.15, 0.2) is 60.8 Å². The van der Waals surface area contributed by atoms with Gasteiger partial charge in [-0.15, -0.1) is 0 Å². The molecule has 2 aromatic carbocycles. The number of aromatic nitrogens is 3. The Kier molecular flexibility index (Phi) is 4.35. The van der Waals surface area contributed by atoms with Crippen molar-refractivity contribution >= 4 is 17.2 Å². The van der Waals surface area contributed by atoms with Crippen molar-refractivity contribution in [1.82, 2.24) is 14.6 Å². The Morgan fingerprint density at radius 3 is 2.54 bits per heavy atom. The van der Waals surface area contributed by atoms with Crippen LogP contribution in [0, 0.1) is 0 Å². The van der Waals surface area contributed by atoms with Crippen LogP contribution in [0.3, 0.4) is 0 Å². The molecule has 0 saturated carbocycles. The van der Waals surface area contributed by atoms with Crippen molar-refractivity contribution in [3.05, 3.63) is 71.5 Å². The van der Waals surface area contributed by atoms with Gasteiger partial charge in [0.1, 0.15) is 5.75 Å². The highest BCUT2D eigenvalue weighted by Gasteiger charge is 2.18. The third kappa shape index (κ3) is 2.72. The van der Waals surface area contributed by atoms with Crippen molar-refractivity contribution in [3.8, 4) is 28.1 Å². The Bertz CT molecular complexity index is 1070. The molecule has 130 valence electrons. The average molecular weight is 364 g/mol. The lowest BCUT2D eigenvalue weighted by atomic mass is 10.0. The summed E-state index contributed by atoms with van der Waals surface area (Å²) < 4.78 is 7.44. The molecule has 0 atom stereocenters. The fraction of sp³-hybridized carbons (Fsp3) is 0.143. The lowest BCUT2D eigenvalue weighted by Gasteiger charge is -2.09. The molecule has 0 aliphatic carbocycles. The molecule has 0 saturated heterocycles. The van der Waals surface area contributed by atoms with Crippen LogP contribution in [0.4, 0.5) is 0 Å². The molecule has 0 spiro atoms. The number of halogens is 1. The summed E-state index contributed by atoms with van der Waals surface area (Å²) in [6, 6.07) is 17.7. The van der Waals surface area contributed by atoms with E-state index >= 15 is 0 Å². The van der Waals surface area contributed by atoms with Gasteiger partial charge in [-0.05, 0) is 42.3 Å². The molecule has 0 aliphatic heterocycles. The maximum atomic E-state index is 6.05. The lowest BCUT2D eigenvalue weighted by molar-refractivity contribution is 0.416. The molecular weight excluding hydrogens is 346 g/mol. The van der Waals surface area contributed by atoms with Gasteiger partial charge in [0.25, 0.3) is 0 Å². The Labute approximate surface area is 157 Å². The monoisotopic (exact) mass is 363 g/mol. The Hall–Kier alpha value is -2.85. The zero-order valence-electron chi connectivity index (χ0n) is 14.6. The van der Waals surface area contributed by atoms with Crippen LogP contribution in [0.1, 0.15) is 12.6 Å². The van der Waals surface area contributed by atoms with E-state index in [2.05, 4.69) is 11.9 Å². The van der Waals surface area contributed by atoms with Crippen molar-refractivity contribution in [3.63, 3.8) is 0 Å². The summed E-state index contributed by atoms with van der Waals surface area (Å²) >= 11 is 6.05. The van der Waals surface area contributed by atoms with Crippen molar-refractivity contribution in [2.75, 3.05) is 7.11 Å². The normalized spacial score (nSPS) is 11.0. The number of ether oxygens (including phenoxy) is 1. The molecule has 0 amide bonds. The van der Waals surface area contributed by atoms with Gasteiger partial charge >= 0.3 is 0 Å². The fourth-order valence-corrected chi connectivity index (χ4v) is 3.34. The molecular formula is C21H18ClN3O. The molecule has 0 aliphatic rings. The zero-order chi connectivity index (χ0) is 18.1. The number of methoxy groups -OCH3 is 1. The van der Waals surface area contributed by atoms with E-state index in [-0.39, 0.29) is 0 Å². The molecule has 4 rings (SSSR count). The highest BCUT2D eigenvalue weighted by atomic mass is 35.5. The number of fused-ring (bicyclic) bond motifs is 1. The predicted molar refractivity (Wildman–Crippen MR) is 105 cm³/mol. The molecule has 0 N–H and O–H groups in total. The maximum Gasteiger partial charge on any atom is 0.163 e. The van der Waals surface area contributed by atoms with Gasteiger partial charge in [-0.2, -0.15) is 5.10 Å². The van der Waals surface area contributed by atoms with Crippen molar-refractivity contribution in [2.45, 2.75) is 13.3 Å². The molecule has 2 aromatic heterocycles. The molecule has 5 heteroatoms. The Morgan fingerprint density at radius 2 is 1.81 bits per heavy atom. The van der Waals surface area contributed by atoms with Crippen molar-refractivity contribution < 1.29 is 4.74 Å². The van der Waals surface area contributed by atoms with Gasteiger partial charge in [0, 0.05) is 22.3 Å². The molecule has 0 bridgehead atoms. The van der Waals surface area contributed by atoms with Gasteiger partial charge in [0.05, 0.1) is 18.5 Å². The van der Waals surface area contributed by atoms with Crippen molar-refractivity contribution in [2.24, 2.45) is 0 Å². The van der Waals surface area contributed by atoms with E-state index in [0.29, 0.717) is 5.02 Å². The fourth-order valence-electron chi connectivity index (χ4n) is 3.21. The molecule has 0 radical (unpaired) electrons. The summed E-state index contributed by atoms with van der Waals surface area (Å²) in [5.41, 5.74) is 5.86. The molecule has 0 fully saturated rings. The second kappa shape index (κ2) is 6.81. The van der Waals surface area contributed by atoms with Crippen LogP contribution in [0.25, 0.3) is 28.0 Å². The number of nitrogens with zero attached hydrogens (tertiary/aromatic N) is 3. The van der Waals surface area contributed by atoms with Crippen LogP contribution < -0.4 is 4.74 Å². The van der Waals surface area contributed by atoms with Crippen LogP contribution in [-0.4, -0.2) is 21.7 Å². The quantitative estimate of drug-likeness (QED) is 0.494. The highest BCUT2D eigenvalue weighted by Crippen LogP contribution is 2.34. The smallest absolute Gasteiger partial charge is 0.163 e. The summed E-state index contributed by atoms with van der Waals surface area (Å²) in [6.45, 7) is 2.10. The first kappa shape index (κ1) is 16.6. The first-order valence-corrected chi connectivity index (χ1v) is 8.86. The van der Waals surface area contributed by atoms with Crippen LogP contribution in [0.5, 0.6) is 5.75 Å². The second-order valence-electron chi connectivity index (χ2n) is 5.95. The average Bonchev–Trinajstić information content (AvgIpc) is 3.07. The van der Waals surface area contributed by atoms with Crippen LogP contribution >= 0.6 is 11.6 Å². The zero-order valence-corrected chi connectivity index (χ0v) is 15.4. The number of para-hydroxylation sites is 1.